The third-order valence-electron chi connectivity index (χ3n) is 2.12. The molecule has 1 N–H and O–H groups in total. The molecule has 1 nitrogen and oxygen atoms in total. The molecule has 13 heavy (non-hydrogen) atoms. The summed E-state index contributed by atoms with van der Waals surface area (Å²) in [6, 6.07) is 2.33. The van der Waals surface area contributed by atoms with Crippen molar-refractivity contribution >= 4 is 11.3 Å². The zero-order chi connectivity index (χ0) is 9.52. The van der Waals surface area contributed by atoms with E-state index in [1.807, 2.05) is 18.4 Å². The molecule has 1 aromatic rings. The standard InChI is InChI=1S/C11H19NS/c1-3-4-5-6-11-7-10(8-12-2)9-13-11/h7,9,12H,3-6,8H2,1-2H3. The van der Waals surface area contributed by atoms with Crippen LogP contribution in [0.3, 0.4) is 0 Å². The summed E-state index contributed by atoms with van der Waals surface area (Å²) < 4.78 is 0. The Morgan fingerprint density at radius 1 is 1.38 bits per heavy atom. The average Bonchev–Trinajstić information content (AvgIpc) is 2.54. The molecule has 0 fully saturated rings. The summed E-state index contributed by atoms with van der Waals surface area (Å²) in [7, 11) is 1.99. The van der Waals surface area contributed by atoms with Crippen molar-refractivity contribution in [3.63, 3.8) is 0 Å². The second-order valence-corrected chi connectivity index (χ2v) is 4.40. The molecule has 0 atom stereocenters. The molecule has 1 rings (SSSR count). The van der Waals surface area contributed by atoms with Gasteiger partial charge < -0.3 is 5.32 Å². The van der Waals surface area contributed by atoms with Crippen LogP contribution in [0.1, 0.15) is 36.6 Å². The van der Waals surface area contributed by atoms with Gasteiger partial charge in [0.1, 0.15) is 0 Å². The van der Waals surface area contributed by atoms with E-state index in [1.54, 1.807) is 4.88 Å². The highest BCUT2D eigenvalue weighted by molar-refractivity contribution is 7.10. The Morgan fingerprint density at radius 2 is 2.23 bits per heavy atom. The van der Waals surface area contributed by atoms with Gasteiger partial charge in [-0.15, -0.1) is 11.3 Å². The first kappa shape index (κ1) is 10.7. The maximum absolute atomic E-state index is 3.17. The van der Waals surface area contributed by atoms with Crippen molar-refractivity contribution in [3.8, 4) is 0 Å². The van der Waals surface area contributed by atoms with E-state index in [0.717, 1.165) is 6.54 Å². The lowest BCUT2D eigenvalue weighted by molar-refractivity contribution is 0.722. The number of unbranched alkanes of at least 4 members (excludes halogenated alkanes) is 2. The zero-order valence-electron chi connectivity index (χ0n) is 8.60. The summed E-state index contributed by atoms with van der Waals surface area (Å²) in [4.78, 5) is 1.54. The van der Waals surface area contributed by atoms with E-state index in [2.05, 4.69) is 23.7 Å². The molecule has 0 aromatic carbocycles. The molecule has 0 unspecified atom stereocenters. The van der Waals surface area contributed by atoms with E-state index in [0.29, 0.717) is 0 Å². The highest BCUT2D eigenvalue weighted by Gasteiger charge is 1.98. The fraction of sp³-hybridized carbons (Fsp3) is 0.636. The maximum Gasteiger partial charge on any atom is 0.0210 e. The Labute approximate surface area is 85.2 Å². The van der Waals surface area contributed by atoms with E-state index in [9.17, 15) is 0 Å². The Morgan fingerprint density at radius 3 is 2.92 bits per heavy atom. The number of hydrogen-bond acceptors (Lipinski definition) is 2. The van der Waals surface area contributed by atoms with E-state index in [1.165, 1.54) is 31.2 Å². The number of nitrogens with one attached hydrogen (secondary N) is 1. The van der Waals surface area contributed by atoms with Crippen LogP contribution in [0.25, 0.3) is 0 Å². The number of hydrogen-bond donors (Lipinski definition) is 1. The van der Waals surface area contributed by atoms with Gasteiger partial charge in [-0.1, -0.05) is 19.8 Å². The van der Waals surface area contributed by atoms with Crippen molar-refractivity contribution in [2.75, 3.05) is 7.05 Å². The second kappa shape index (κ2) is 6.17. The summed E-state index contributed by atoms with van der Waals surface area (Å²) in [6.45, 7) is 3.26. The molecule has 0 saturated carbocycles. The molecular formula is C11H19NS. The minimum Gasteiger partial charge on any atom is -0.316 e. The fourth-order valence-corrected chi connectivity index (χ4v) is 2.34. The number of rotatable bonds is 6. The van der Waals surface area contributed by atoms with Gasteiger partial charge in [0.25, 0.3) is 0 Å². The fourth-order valence-electron chi connectivity index (χ4n) is 1.40. The first-order chi connectivity index (χ1) is 6.36. The maximum atomic E-state index is 3.17. The zero-order valence-corrected chi connectivity index (χ0v) is 9.41. The lowest BCUT2D eigenvalue weighted by Gasteiger charge is -1.95. The monoisotopic (exact) mass is 197 g/mol. The first-order valence-corrected chi connectivity index (χ1v) is 5.95. The van der Waals surface area contributed by atoms with Gasteiger partial charge in [-0.25, -0.2) is 0 Å². The third-order valence-corrected chi connectivity index (χ3v) is 3.16. The van der Waals surface area contributed by atoms with Crippen LogP contribution < -0.4 is 5.32 Å². The van der Waals surface area contributed by atoms with Gasteiger partial charge in [-0.2, -0.15) is 0 Å². The molecule has 0 spiro atoms. The van der Waals surface area contributed by atoms with E-state index < -0.39 is 0 Å². The summed E-state index contributed by atoms with van der Waals surface area (Å²) in [5.74, 6) is 0. The van der Waals surface area contributed by atoms with Crippen LogP contribution in [0.2, 0.25) is 0 Å². The molecule has 0 aliphatic heterocycles. The minimum absolute atomic E-state index is 1.00. The van der Waals surface area contributed by atoms with Crippen LogP contribution in [0, 0.1) is 0 Å². The summed E-state index contributed by atoms with van der Waals surface area (Å²) in [6.07, 6.45) is 5.28. The van der Waals surface area contributed by atoms with Crippen LogP contribution in [0.15, 0.2) is 11.4 Å². The Balaban J connectivity index is 2.31. The highest BCUT2D eigenvalue weighted by Crippen LogP contribution is 2.17. The van der Waals surface area contributed by atoms with Crippen molar-refractivity contribution in [2.45, 2.75) is 39.2 Å². The quantitative estimate of drug-likeness (QED) is 0.691. The first-order valence-electron chi connectivity index (χ1n) is 5.07. The number of thiophene rings is 1. The molecule has 0 amide bonds. The Bertz CT molecular complexity index is 230. The van der Waals surface area contributed by atoms with Gasteiger partial charge in [0.15, 0.2) is 0 Å². The van der Waals surface area contributed by atoms with Crippen LogP contribution in [0.4, 0.5) is 0 Å². The second-order valence-electron chi connectivity index (χ2n) is 3.41. The van der Waals surface area contributed by atoms with E-state index in [-0.39, 0.29) is 0 Å². The summed E-state index contributed by atoms with van der Waals surface area (Å²) in [5, 5.41) is 5.43. The van der Waals surface area contributed by atoms with Crippen molar-refractivity contribution < 1.29 is 0 Å². The topological polar surface area (TPSA) is 12.0 Å². The molecule has 74 valence electrons. The molecule has 2 heteroatoms. The SMILES string of the molecule is CCCCCc1cc(CNC)cs1. The lowest BCUT2D eigenvalue weighted by Crippen LogP contribution is -2.03. The molecule has 0 bridgehead atoms. The smallest absolute Gasteiger partial charge is 0.0210 e. The average molecular weight is 197 g/mol. The van der Waals surface area contributed by atoms with Gasteiger partial charge in [-0.3, -0.25) is 0 Å². The van der Waals surface area contributed by atoms with Gasteiger partial charge in [0.05, 0.1) is 0 Å². The van der Waals surface area contributed by atoms with Gasteiger partial charge in [0.2, 0.25) is 0 Å². The van der Waals surface area contributed by atoms with Gasteiger partial charge >= 0.3 is 0 Å². The van der Waals surface area contributed by atoms with Crippen LogP contribution in [-0.2, 0) is 13.0 Å². The van der Waals surface area contributed by atoms with Crippen LogP contribution >= 0.6 is 11.3 Å². The van der Waals surface area contributed by atoms with Crippen molar-refractivity contribution in [1.82, 2.24) is 5.32 Å². The molecule has 1 heterocycles. The Hall–Kier alpha value is -0.340. The van der Waals surface area contributed by atoms with Gasteiger partial charge in [0, 0.05) is 11.4 Å². The molecular weight excluding hydrogens is 178 g/mol. The van der Waals surface area contributed by atoms with E-state index in [4.69, 9.17) is 0 Å². The summed E-state index contributed by atoms with van der Waals surface area (Å²) in [5.41, 5.74) is 1.43. The van der Waals surface area contributed by atoms with E-state index >= 15 is 0 Å². The van der Waals surface area contributed by atoms with Crippen LogP contribution in [-0.4, -0.2) is 7.05 Å². The highest BCUT2D eigenvalue weighted by atomic mass is 32.1. The molecule has 0 radical (unpaired) electrons. The predicted molar refractivity (Wildman–Crippen MR) is 60.3 cm³/mol. The van der Waals surface area contributed by atoms with Crippen LogP contribution in [0.5, 0.6) is 0 Å². The lowest BCUT2D eigenvalue weighted by atomic mass is 10.2. The Kier molecular flexibility index (Phi) is 5.09. The van der Waals surface area contributed by atoms with Gasteiger partial charge in [-0.05, 0) is 36.9 Å². The van der Waals surface area contributed by atoms with Crippen molar-refractivity contribution in [1.29, 1.82) is 0 Å². The molecule has 0 aliphatic carbocycles. The number of aryl methyl sites for hydroxylation is 1. The van der Waals surface area contributed by atoms with Crippen molar-refractivity contribution in [2.24, 2.45) is 0 Å². The molecule has 0 saturated heterocycles. The normalized spacial score (nSPS) is 10.6. The largest absolute Gasteiger partial charge is 0.316 e. The minimum atomic E-state index is 1.00. The predicted octanol–water partition coefficient (Wildman–Crippen LogP) is 3.20. The molecule has 0 aliphatic rings. The third kappa shape index (κ3) is 3.92. The van der Waals surface area contributed by atoms with Crippen molar-refractivity contribution in [3.05, 3.63) is 21.9 Å². The summed E-state index contributed by atoms with van der Waals surface area (Å²) >= 11 is 1.90. The molecule has 1 aromatic heterocycles.